The molecule has 2 aromatic rings. The second kappa shape index (κ2) is 12.6. The van der Waals surface area contributed by atoms with E-state index in [9.17, 15) is 14.4 Å². The molecule has 3 saturated carbocycles. The van der Waals surface area contributed by atoms with Crippen LogP contribution >= 0.6 is 0 Å². The van der Waals surface area contributed by atoms with Gasteiger partial charge in [-0.05, 0) is 99.3 Å². The third-order valence-corrected chi connectivity index (χ3v) is 14.3. The Morgan fingerprint density at radius 1 is 0.824 bits per heavy atom. The van der Waals surface area contributed by atoms with E-state index in [4.69, 9.17) is 23.7 Å². The SMILES string of the molecule is CC(=O)O[C@H]1CC[C@@]2(C)C(CCC3C4=C[C@@H]5O[C@]6(CC[C@@](C)(COC(=O)c7ccccc7)O6)[C@@H](C)[C@@H]5[C@@]4(C)[C@H](OC(=O)c4ccccc4)CC32)C1. The van der Waals surface area contributed by atoms with Crippen LogP contribution < -0.4 is 0 Å². The molecule has 0 amide bonds. The quantitative estimate of drug-likeness (QED) is 0.170. The van der Waals surface area contributed by atoms with Crippen molar-refractivity contribution < 1.29 is 38.1 Å². The zero-order chi connectivity index (χ0) is 35.8. The molecule has 0 bridgehead atoms. The summed E-state index contributed by atoms with van der Waals surface area (Å²) in [5, 5.41) is 0. The van der Waals surface area contributed by atoms with Crippen LogP contribution in [0.4, 0.5) is 0 Å². The highest BCUT2D eigenvalue weighted by Gasteiger charge is 2.71. The molecular formula is C43H52O8. The van der Waals surface area contributed by atoms with Gasteiger partial charge in [0.2, 0.25) is 0 Å². The summed E-state index contributed by atoms with van der Waals surface area (Å²) < 4.78 is 32.2. The predicted molar refractivity (Wildman–Crippen MR) is 189 cm³/mol. The minimum Gasteiger partial charge on any atom is -0.463 e. The van der Waals surface area contributed by atoms with E-state index in [1.807, 2.05) is 55.5 Å². The highest BCUT2D eigenvalue weighted by atomic mass is 16.7. The maximum absolute atomic E-state index is 13.9. The lowest BCUT2D eigenvalue weighted by Gasteiger charge is -2.61. The summed E-state index contributed by atoms with van der Waals surface area (Å²) in [6.07, 6.45) is 8.97. The first-order valence-corrected chi connectivity index (χ1v) is 19.1. The van der Waals surface area contributed by atoms with Crippen molar-refractivity contribution in [2.24, 2.45) is 40.4 Å². The van der Waals surface area contributed by atoms with E-state index < -0.39 is 16.8 Å². The summed E-state index contributed by atoms with van der Waals surface area (Å²) in [6.45, 7) is 10.7. The van der Waals surface area contributed by atoms with Gasteiger partial charge in [0, 0.05) is 30.6 Å². The number of hydrogen-bond acceptors (Lipinski definition) is 8. The highest BCUT2D eigenvalue weighted by Crippen LogP contribution is 2.70. The molecule has 2 saturated heterocycles. The van der Waals surface area contributed by atoms with Gasteiger partial charge >= 0.3 is 17.9 Å². The zero-order valence-electron chi connectivity index (χ0n) is 30.6. The molecule has 51 heavy (non-hydrogen) atoms. The van der Waals surface area contributed by atoms with Crippen LogP contribution in [0.2, 0.25) is 0 Å². The van der Waals surface area contributed by atoms with E-state index in [2.05, 4.69) is 26.8 Å². The molecule has 8 nitrogen and oxygen atoms in total. The van der Waals surface area contributed by atoms with Crippen LogP contribution in [0.1, 0.15) is 107 Å². The number of carbonyl (C=O) groups excluding carboxylic acids is 3. The Morgan fingerprint density at radius 2 is 1.51 bits per heavy atom. The van der Waals surface area contributed by atoms with Gasteiger partial charge in [0.1, 0.15) is 24.4 Å². The lowest BCUT2D eigenvalue weighted by molar-refractivity contribution is -0.255. The number of rotatable bonds is 6. The van der Waals surface area contributed by atoms with Gasteiger partial charge < -0.3 is 23.7 Å². The maximum atomic E-state index is 13.9. The minimum absolute atomic E-state index is 0.00784. The molecule has 5 fully saturated rings. The molecule has 8 heteroatoms. The molecule has 0 aromatic heterocycles. The van der Waals surface area contributed by atoms with Crippen molar-refractivity contribution in [1.82, 2.24) is 0 Å². The molecule has 2 heterocycles. The van der Waals surface area contributed by atoms with Gasteiger partial charge in [-0.15, -0.1) is 0 Å². The van der Waals surface area contributed by atoms with Crippen molar-refractivity contribution in [2.75, 3.05) is 6.61 Å². The van der Waals surface area contributed by atoms with Crippen molar-refractivity contribution in [3.05, 3.63) is 83.4 Å². The lowest BCUT2D eigenvalue weighted by Crippen LogP contribution is -2.58. The molecule has 2 aromatic carbocycles. The fraction of sp³-hybridized carbons (Fsp3) is 0.605. The van der Waals surface area contributed by atoms with Crippen LogP contribution in [0.5, 0.6) is 0 Å². The van der Waals surface area contributed by atoms with Crippen molar-refractivity contribution >= 4 is 17.9 Å². The van der Waals surface area contributed by atoms with Gasteiger partial charge in [0.15, 0.2) is 5.79 Å². The Balaban J connectivity index is 1.08. The normalized spacial score (nSPS) is 42.2. The van der Waals surface area contributed by atoms with Gasteiger partial charge in [0.25, 0.3) is 0 Å². The number of hydrogen-bond donors (Lipinski definition) is 0. The van der Waals surface area contributed by atoms with Crippen LogP contribution in [-0.2, 0) is 28.5 Å². The fourth-order valence-corrected chi connectivity index (χ4v) is 11.7. The average Bonchev–Trinajstić information content (AvgIpc) is 3.72. The monoisotopic (exact) mass is 696 g/mol. The molecule has 272 valence electrons. The first-order chi connectivity index (χ1) is 24.4. The molecule has 0 N–H and O–H groups in total. The molecule has 12 atom stereocenters. The smallest absolute Gasteiger partial charge is 0.338 e. The number of benzene rings is 2. The Bertz CT molecular complexity index is 1710. The zero-order valence-corrected chi connectivity index (χ0v) is 30.6. The van der Waals surface area contributed by atoms with E-state index in [1.54, 1.807) is 12.1 Å². The summed E-state index contributed by atoms with van der Waals surface area (Å²) in [5.41, 5.74) is 1.41. The summed E-state index contributed by atoms with van der Waals surface area (Å²) >= 11 is 0. The summed E-state index contributed by atoms with van der Waals surface area (Å²) in [4.78, 5) is 38.5. The van der Waals surface area contributed by atoms with E-state index in [0.717, 1.165) is 38.5 Å². The van der Waals surface area contributed by atoms with Gasteiger partial charge in [0.05, 0.1) is 17.2 Å². The summed E-state index contributed by atoms with van der Waals surface area (Å²) in [6, 6.07) is 18.4. The van der Waals surface area contributed by atoms with E-state index >= 15 is 0 Å². The van der Waals surface area contributed by atoms with Gasteiger partial charge in [-0.3, -0.25) is 4.79 Å². The lowest BCUT2D eigenvalue weighted by atomic mass is 9.45. The molecule has 3 unspecified atom stereocenters. The van der Waals surface area contributed by atoms with Crippen molar-refractivity contribution in [3.63, 3.8) is 0 Å². The molecule has 0 radical (unpaired) electrons. The first kappa shape index (κ1) is 34.6. The second-order valence-corrected chi connectivity index (χ2v) is 17.1. The third kappa shape index (κ3) is 5.67. The van der Waals surface area contributed by atoms with Crippen LogP contribution in [0, 0.1) is 40.4 Å². The van der Waals surface area contributed by atoms with Crippen molar-refractivity contribution in [2.45, 2.75) is 116 Å². The van der Waals surface area contributed by atoms with Gasteiger partial charge in [-0.2, -0.15) is 0 Å². The van der Waals surface area contributed by atoms with Gasteiger partial charge in [-0.1, -0.05) is 68.8 Å². The molecule has 8 rings (SSSR count). The molecule has 2 aliphatic heterocycles. The van der Waals surface area contributed by atoms with Gasteiger partial charge in [-0.25, -0.2) is 9.59 Å². The number of carbonyl (C=O) groups is 3. The number of ether oxygens (including phenoxy) is 5. The third-order valence-electron chi connectivity index (χ3n) is 14.3. The number of fused-ring (bicyclic) bond motifs is 7. The number of esters is 3. The van der Waals surface area contributed by atoms with Crippen LogP contribution in [0.15, 0.2) is 72.3 Å². The van der Waals surface area contributed by atoms with Crippen molar-refractivity contribution in [1.29, 1.82) is 0 Å². The maximum Gasteiger partial charge on any atom is 0.338 e. The fourth-order valence-electron chi connectivity index (χ4n) is 11.7. The Hall–Kier alpha value is -3.49. The van der Waals surface area contributed by atoms with E-state index in [0.29, 0.717) is 41.7 Å². The summed E-state index contributed by atoms with van der Waals surface area (Å²) in [7, 11) is 0. The minimum atomic E-state index is -0.822. The van der Waals surface area contributed by atoms with Crippen LogP contribution in [0.25, 0.3) is 0 Å². The first-order valence-electron chi connectivity index (χ1n) is 19.1. The Labute approximate surface area is 301 Å². The Morgan fingerprint density at radius 3 is 2.20 bits per heavy atom. The predicted octanol–water partition coefficient (Wildman–Crippen LogP) is 8.10. The van der Waals surface area contributed by atoms with Crippen LogP contribution in [0.3, 0.4) is 0 Å². The van der Waals surface area contributed by atoms with Crippen molar-refractivity contribution in [3.8, 4) is 0 Å². The van der Waals surface area contributed by atoms with Crippen LogP contribution in [-0.4, -0.2) is 54.2 Å². The Kier molecular flexibility index (Phi) is 8.53. The molecular weight excluding hydrogens is 644 g/mol. The molecule has 6 aliphatic rings. The standard InChI is InChI=1S/C43H52O8/c1-26-37-35(50-43(26)21-20-40(3,51-43)25-47-38(45)28-12-8-6-9-13-28)23-34-32-17-16-30-22-31(48-27(2)44)18-19-41(30,4)33(32)24-36(42(34,37)5)49-39(46)29-14-10-7-11-15-29/h6-15,23,26,30-33,35-37H,16-22,24-25H2,1-5H3/t26-,30?,31-,32?,33?,35-,36+,37-,40-,41-,42+,43-/m0/s1. The topological polar surface area (TPSA) is 97.4 Å². The molecule has 4 aliphatic carbocycles. The second-order valence-electron chi connectivity index (χ2n) is 17.1. The van der Waals surface area contributed by atoms with E-state index in [1.165, 1.54) is 12.5 Å². The highest BCUT2D eigenvalue weighted by molar-refractivity contribution is 5.90. The van der Waals surface area contributed by atoms with E-state index in [-0.39, 0.29) is 60.1 Å². The largest absolute Gasteiger partial charge is 0.463 e. The summed E-state index contributed by atoms with van der Waals surface area (Å²) in [5.74, 6) is -0.437. The molecule has 1 spiro atoms. The average molecular weight is 697 g/mol.